The summed E-state index contributed by atoms with van der Waals surface area (Å²) in [5.41, 5.74) is 3.24. The van der Waals surface area contributed by atoms with Gasteiger partial charge in [-0.3, -0.25) is 4.79 Å². The van der Waals surface area contributed by atoms with Crippen LogP contribution in [-0.4, -0.2) is 12.5 Å². The van der Waals surface area contributed by atoms with Crippen molar-refractivity contribution in [3.63, 3.8) is 0 Å². The molecule has 0 spiro atoms. The molecule has 0 saturated heterocycles. The lowest BCUT2D eigenvalue weighted by Crippen LogP contribution is -2.20. The molecule has 1 N–H and O–H groups in total. The van der Waals surface area contributed by atoms with Gasteiger partial charge in [0.05, 0.1) is 0 Å². The molecule has 144 valence electrons. The molecule has 0 unspecified atom stereocenters. The van der Waals surface area contributed by atoms with Gasteiger partial charge in [-0.05, 0) is 53.4 Å². The van der Waals surface area contributed by atoms with E-state index < -0.39 is 0 Å². The molecule has 4 heteroatoms. The van der Waals surface area contributed by atoms with Crippen molar-refractivity contribution in [2.45, 2.75) is 30.4 Å². The first-order valence-electron chi connectivity index (χ1n) is 9.39. The standard InChI is InChI=1S/C24H25NO2S/c1-18(2)20-10-14-22(15-11-20)27-16-24(26)25-21-12-8-19(9-13-21)17-28-23-6-4-3-5-7-23/h3-15,18H,16-17H2,1-2H3,(H,25,26). The first kappa shape index (κ1) is 20.0. The van der Waals surface area contributed by atoms with E-state index in [0.717, 1.165) is 11.4 Å². The Balaban J connectivity index is 1.45. The van der Waals surface area contributed by atoms with E-state index in [4.69, 9.17) is 4.74 Å². The Bertz CT molecular complexity index is 875. The average Bonchev–Trinajstić information content (AvgIpc) is 2.73. The summed E-state index contributed by atoms with van der Waals surface area (Å²) in [6.07, 6.45) is 0. The van der Waals surface area contributed by atoms with Gasteiger partial charge in [0.25, 0.3) is 5.91 Å². The lowest BCUT2D eigenvalue weighted by atomic mass is 10.0. The Kier molecular flexibility index (Phi) is 7.15. The van der Waals surface area contributed by atoms with Crippen LogP contribution in [0, 0.1) is 0 Å². The van der Waals surface area contributed by atoms with Crippen molar-refractivity contribution in [3.8, 4) is 5.75 Å². The Hall–Kier alpha value is -2.72. The summed E-state index contributed by atoms with van der Waals surface area (Å²) in [5.74, 6) is 1.91. The van der Waals surface area contributed by atoms with Gasteiger partial charge in [-0.15, -0.1) is 11.8 Å². The van der Waals surface area contributed by atoms with Gasteiger partial charge in [0, 0.05) is 16.3 Å². The molecule has 1 amide bonds. The summed E-state index contributed by atoms with van der Waals surface area (Å²) in [6, 6.07) is 26.1. The second-order valence-electron chi connectivity index (χ2n) is 6.86. The molecule has 3 rings (SSSR count). The molecule has 28 heavy (non-hydrogen) atoms. The zero-order valence-electron chi connectivity index (χ0n) is 16.2. The monoisotopic (exact) mass is 391 g/mol. The minimum absolute atomic E-state index is 0.00731. The van der Waals surface area contributed by atoms with Crippen LogP contribution in [0.15, 0.2) is 83.8 Å². The number of rotatable bonds is 8. The summed E-state index contributed by atoms with van der Waals surface area (Å²) in [5, 5.41) is 2.87. The van der Waals surface area contributed by atoms with E-state index in [-0.39, 0.29) is 12.5 Å². The maximum Gasteiger partial charge on any atom is 0.262 e. The Morgan fingerprint density at radius 3 is 2.25 bits per heavy atom. The lowest BCUT2D eigenvalue weighted by Gasteiger charge is -2.10. The molecule has 0 fully saturated rings. The van der Waals surface area contributed by atoms with Gasteiger partial charge in [-0.1, -0.05) is 56.3 Å². The fraction of sp³-hybridized carbons (Fsp3) is 0.208. The van der Waals surface area contributed by atoms with Gasteiger partial charge in [0.2, 0.25) is 0 Å². The smallest absolute Gasteiger partial charge is 0.262 e. The number of nitrogens with one attached hydrogen (secondary N) is 1. The number of carbonyl (C=O) groups excluding carboxylic acids is 1. The molecule has 0 heterocycles. The SMILES string of the molecule is CC(C)c1ccc(OCC(=O)Nc2ccc(CSc3ccccc3)cc2)cc1. The third kappa shape index (κ3) is 6.17. The minimum Gasteiger partial charge on any atom is -0.484 e. The largest absolute Gasteiger partial charge is 0.484 e. The molecule has 0 aliphatic rings. The van der Waals surface area contributed by atoms with Crippen LogP contribution in [0.2, 0.25) is 0 Å². The zero-order chi connectivity index (χ0) is 19.8. The van der Waals surface area contributed by atoms with Crippen molar-refractivity contribution in [1.29, 1.82) is 0 Å². The van der Waals surface area contributed by atoms with Crippen molar-refractivity contribution < 1.29 is 9.53 Å². The second-order valence-corrected chi connectivity index (χ2v) is 7.91. The molecule has 0 saturated carbocycles. The maximum atomic E-state index is 12.1. The Morgan fingerprint density at radius 1 is 0.929 bits per heavy atom. The number of thioether (sulfide) groups is 1. The topological polar surface area (TPSA) is 38.3 Å². The van der Waals surface area contributed by atoms with E-state index >= 15 is 0 Å². The fourth-order valence-electron chi connectivity index (χ4n) is 2.66. The van der Waals surface area contributed by atoms with Crippen LogP contribution < -0.4 is 10.1 Å². The van der Waals surface area contributed by atoms with Crippen molar-refractivity contribution in [2.75, 3.05) is 11.9 Å². The van der Waals surface area contributed by atoms with Gasteiger partial charge in [-0.25, -0.2) is 0 Å². The molecule has 3 aromatic carbocycles. The molecule has 3 nitrogen and oxygen atoms in total. The summed E-state index contributed by atoms with van der Waals surface area (Å²) in [6.45, 7) is 4.29. The van der Waals surface area contributed by atoms with Crippen molar-refractivity contribution in [2.24, 2.45) is 0 Å². The molecule has 0 aromatic heterocycles. The molecule has 0 radical (unpaired) electrons. The van der Waals surface area contributed by atoms with Crippen LogP contribution in [-0.2, 0) is 10.5 Å². The molecule has 0 atom stereocenters. The normalized spacial score (nSPS) is 10.7. The third-order valence-electron chi connectivity index (χ3n) is 4.30. The average molecular weight is 392 g/mol. The number of benzene rings is 3. The van der Waals surface area contributed by atoms with Crippen molar-refractivity contribution in [1.82, 2.24) is 0 Å². The van der Waals surface area contributed by atoms with Gasteiger partial charge < -0.3 is 10.1 Å². The van der Waals surface area contributed by atoms with Gasteiger partial charge in [0.1, 0.15) is 5.75 Å². The Labute approximate surface area is 171 Å². The molecule has 0 bridgehead atoms. The first-order valence-corrected chi connectivity index (χ1v) is 10.4. The van der Waals surface area contributed by atoms with Crippen LogP contribution in [0.3, 0.4) is 0 Å². The summed E-state index contributed by atoms with van der Waals surface area (Å²) in [7, 11) is 0. The highest BCUT2D eigenvalue weighted by molar-refractivity contribution is 7.98. The maximum absolute atomic E-state index is 12.1. The summed E-state index contributed by atoms with van der Waals surface area (Å²) < 4.78 is 5.57. The van der Waals surface area contributed by atoms with Crippen LogP contribution >= 0.6 is 11.8 Å². The lowest BCUT2D eigenvalue weighted by molar-refractivity contribution is -0.118. The number of hydrogen-bond acceptors (Lipinski definition) is 3. The highest BCUT2D eigenvalue weighted by Crippen LogP contribution is 2.23. The van der Waals surface area contributed by atoms with E-state index in [2.05, 4.69) is 31.3 Å². The zero-order valence-corrected chi connectivity index (χ0v) is 17.0. The second kappa shape index (κ2) is 10.00. The quantitative estimate of drug-likeness (QED) is 0.470. The van der Waals surface area contributed by atoms with E-state index in [1.54, 1.807) is 11.8 Å². The number of anilines is 1. The van der Waals surface area contributed by atoms with E-state index in [1.807, 2.05) is 66.7 Å². The van der Waals surface area contributed by atoms with Crippen LogP contribution in [0.1, 0.15) is 30.9 Å². The molecule has 0 aliphatic heterocycles. The number of hydrogen-bond donors (Lipinski definition) is 1. The number of amides is 1. The van der Waals surface area contributed by atoms with Crippen LogP contribution in [0.25, 0.3) is 0 Å². The van der Waals surface area contributed by atoms with E-state index in [1.165, 1.54) is 16.0 Å². The summed E-state index contributed by atoms with van der Waals surface area (Å²) in [4.78, 5) is 13.4. The number of ether oxygens (including phenoxy) is 1. The predicted octanol–water partition coefficient (Wildman–Crippen LogP) is 6.12. The number of carbonyl (C=O) groups is 1. The molecular formula is C24H25NO2S. The minimum atomic E-state index is -0.167. The van der Waals surface area contributed by atoms with Gasteiger partial charge >= 0.3 is 0 Å². The third-order valence-corrected chi connectivity index (χ3v) is 5.39. The van der Waals surface area contributed by atoms with E-state index in [9.17, 15) is 4.79 Å². The van der Waals surface area contributed by atoms with Crippen LogP contribution in [0.5, 0.6) is 5.75 Å². The van der Waals surface area contributed by atoms with Crippen molar-refractivity contribution in [3.05, 3.63) is 90.0 Å². The Morgan fingerprint density at radius 2 is 1.61 bits per heavy atom. The molecular weight excluding hydrogens is 366 g/mol. The van der Waals surface area contributed by atoms with Crippen molar-refractivity contribution >= 4 is 23.4 Å². The first-order chi connectivity index (χ1) is 13.6. The highest BCUT2D eigenvalue weighted by atomic mass is 32.2. The van der Waals surface area contributed by atoms with Gasteiger partial charge in [-0.2, -0.15) is 0 Å². The molecule has 3 aromatic rings. The van der Waals surface area contributed by atoms with E-state index in [0.29, 0.717) is 11.7 Å². The molecule has 0 aliphatic carbocycles. The summed E-state index contributed by atoms with van der Waals surface area (Å²) >= 11 is 1.79. The van der Waals surface area contributed by atoms with Crippen LogP contribution in [0.4, 0.5) is 5.69 Å². The predicted molar refractivity (Wildman–Crippen MR) is 117 cm³/mol. The highest BCUT2D eigenvalue weighted by Gasteiger charge is 2.05. The van der Waals surface area contributed by atoms with Gasteiger partial charge in [0.15, 0.2) is 6.61 Å². The fourth-order valence-corrected chi connectivity index (χ4v) is 3.54.